The number of hydrogen-bond acceptors (Lipinski definition) is 5. The molecule has 0 saturated carbocycles. The summed E-state index contributed by atoms with van der Waals surface area (Å²) in [4.78, 5) is 12.1. The minimum atomic E-state index is -3.97. The summed E-state index contributed by atoms with van der Waals surface area (Å²) in [5, 5.41) is 5.70. The third kappa shape index (κ3) is 5.01. The summed E-state index contributed by atoms with van der Waals surface area (Å²) in [6.07, 6.45) is 1.47. The first-order valence-corrected chi connectivity index (χ1v) is 11.2. The van der Waals surface area contributed by atoms with E-state index in [2.05, 4.69) is 10.5 Å². The molecule has 0 unspecified atom stereocenters. The van der Waals surface area contributed by atoms with Crippen molar-refractivity contribution in [1.29, 1.82) is 0 Å². The summed E-state index contributed by atoms with van der Waals surface area (Å²) in [5.41, 5.74) is 4.70. The number of carbonyl (C=O) groups excluding carboxylic acids is 1. The van der Waals surface area contributed by atoms with Gasteiger partial charge in [0.15, 0.2) is 0 Å². The van der Waals surface area contributed by atoms with Crippen molar-refractivity contribution in [1.82, 2.24) is 5.43 Å². The van der Waals surface area contributed by atoms with Crippen LogP contribution in [0.3, 0.4) is 0 Å². The van der Waals surface area contributed by atoms with Crippen molar-refractivity contribution < 1.29 is 17.4 Å². The lowest BCUT2D eigenvalue weighted by atomic mass is 10.1. The predicted octanol–water partition coefficient (Wildman–Crippen LogP) is 4.68. The second kappa shape index (κ2) is 9.03. The van der Waals surface area contributed by atoms with Crippen LogP contribution < -0.4 is 9.61 Å². The largest absolute Gasteiger partial charge is 0.379 e. The molecule has 0 spiro atoms. The number of nitrogens with zero attached hydrogens (tertiary/aromatic N) is 1. The van der Waals surface area contributed by atoms with Crippen molar-refractivity contribution >= 4 is 33.0 Å². The standard InChI is InChI=1S/C25H20N2O4S/c1-18-6-10-21(11-7-18)25(28)27-26-17-19-8-13-23(14-9-19)31-32(29,30)24-15-12-20-4-2-3-5-22(20)16-24/h2-17H,1H3,(H,27,28)/b26-17-. The van der Waals surface area contributed by atoms with Crippen LogP contribution in [0.25, 0.3) is 10.8 Å². The number of hydrogen-bond donors (Lipinski definition) is 1. The fourth-order valence-electron chi connectivity index (χ4n) is 3.04. The average Bonchev–Trinajstić information content (AvgIpc) is 2.80. The summed E-state index contributed by atoms with van der Waals surface area (Å²) in [6, 6.07) is 25.9. The zero-order chi connectivity index (χ0) is 22.6. The van der Waals surface area contributed by atoms with Gasteiger partial charge in [-0.3, -0.25) is 4.79 Å². The molecule has 6 nitrogen and oxygen atoms in total. The minimum Gasteiger partial charge on any atom is -0.379 e. The monoisotopic (exact) mass is 444 g/mol. The van der Waals surface area contributed by atoms with Gasteiger partial charge in [0.1, 0.15) is 10.6 Å². The second-order valence-corrected chi connectivity index (χ2v) is 8.73. The molecule has 0 aliphatic heterocycles. The maximum Gasteiger partial charge on any atom is 0.339 e. The molecule has 7 heteroatoms. The van der Waals surface area contributed by atoms with E-state index in [1.54, 1.807) is 36.4 Å². The van der Waals surface area contributed by atoms with E-state index in [1.165, 1.54) is 24.4 Å². The Balaban J connectivity index is 1.41. The van der Waals surface area contributed by atoms with Crippen molar-refractivity contribution in [3.05, 3.63) is 108 Å². The van der Waals surface area contributed by atoms with E-state index in [0.29, 0.717) is 11.1 Å². The van der Waals surface area contributed by atoms with Crippen LogP contribution in [0.4, 0.5) is 0 Å². The van der Waals surface area contributed by atoms with E-state index in [-0.39, 0.29) is 16.6 Å². The smallest absolute Gasteiger partial charge is 0.339 e. The normalized spacial score (nSPS) is 11.5. The summed E-state index contributed by atoms with van der Waals surface area (Å²) in [6.45, 7) is 1.94. The molecule has 0 bridgehead atoms. The molecule has 0 fully saturated rings. The Morgan fingerprint density at radius 1 is 0.875 bits per heavy atom. The summed E-state index contributed by atoms with van der Waals surface area (Å²) < 4.78 is 30.5. The fourth-order valence-corrected chi connectivity index (χ4v) is 4.01. The molecular formula is C25H20N2O4S. The number of fused-ring (bicyclic) bond motifs is 1. The molecule has 4 rings (SSSR count). The average molecular weight is 445 g/mol. The predicted molar refractivity (Wildman–Crippen MR) is 124 cm³/mol. The number of aryl methyl sites for hydroxylation is 1. The quantitative estimate of drug-likeness (QED) is 0.266. The second-order valence-electron chi connectivity index (χ2n) is 7.18. The Bertz CT molecular complexity index is 1390. The molecule has 0 radical (unpaired) electrons. The van der Waals surface area contributed by atoms with Crippen molar-refractivity contribution in [2.24, 2.45) is 5.10 Å². The summed E-state index contributed by atoms with van der Waals surface area (Å²) in [5.74, 6) is -0.137. The highest BCUT2D eigenvalue weighted by molar-refractivity contribution is 7.87. The van der Waals surface area contributed by atoms with Gasteiger partial charge in [-0.15, -0.1) is 0 Å². The lowest BCUT2D eigenvalue weighted by molar-refractivity contribution is 0.0955. The lowest BCUT2D eigenvalue weighted by Crippen LogP contribution is -2.17. The first-order chi connectivity index (χ1) is 15.4. The van der Waals surface area contributed by atoms with E-state index in [4.69, 9.17) is 4.18 Å². The molecule has 0 aliphatic carbocycles. The molecule has 1 N–H and O–H groups in total. The molecule has 0 saturated heterocycles. The molecule has 0 aromatic heterocycles. The zero-order valence-electron chi connectivity index (χ0n) is 17.2. The van der Waals surface area contributed by atoms with E-state index in [9.17, 15) is 13.2 Å². The Labute approximate surface area is 186 Å². The van der Waals surface area contributed by atoms with E-state index < -0.39 is 10.1 Å². The van der Waals surface area contributed by atoms with Crippen molar-refractivity contribution in [2.75, 3.05) is 0 Å². The molecule has 32 heavy (non-hydrogen) atoms. The number of nitrogens with one attached hydrogen (secondary N) is 1. The van der Waals surface area contributed by atoms with Gasteiger partial charge in [-0.05, 0) is 71.8 Å². The Hall–Kier alpha value is -3.97. The zero-order valence-corrected chi connectivity index (χ0v) is 18.0. The van der Waals surface area contributed by atoms with Gasteiger partial charge < -0.3 is 4.18 Å². The van der Waals surface area contributed by atoms with Crippen LogP contribution in [0.5, 0.6) is 5.75 Å². The molecule has 4 aromatic rings. The van der Waals surface area contributed by atoms with Gasteiger partial charge in [0.25, 0.3) is 5.91 Å². The molecular weight excluding hydrogens is 424 g/mol. The van der Waals surface area contributed by atoms with E-state index in [0.717, 1.165) is 16.3 Å². The highest BCUT2D eigenvalue weighted by Crippen LogP contribution is 2.23. The van der Waals surface area contributed by atoms with Crippen LogP contribution in [-0.4, -0.2) is 20.5 Å². The summed E-state index contributed by atoms with van der Waals surface area (Å²) in [7, 11) is -3.97. The molecule has 4 aromatic carbocycles. The Morgan fingerprint density at radius 2 is 1.56 bits per heavy atom. The first-order valence-electron chi connectivity index (χ1n) is 9.84. The minimum absolute atomic E-state index is 0.0839. The van der Waals surface area contributed by atoms with E-state index >= 15 is 0 Å². The number of benzene rings is 4. The lowest BCUT2D eigenvalue weighted by Gasteiger charge is -2.08. The van der Waals surface area contributed by atoms with Crippen LogP contribution in [0, 0.1) is 6.92 Å². The van der Waals surface area contributed by atoms with Gasteiger partial charge in [-0.2, -0.15) is 13.5 Å². The highest BCUT2D eigenvalue weighted by atomic mass is 32.2. The third-order valence-corrected chi connectivity index (χ3v) is 6.03. The van der Waals surface area contributed by atoms with Crippen molar-refractivity contribution in [3.8, 4) is 5.75 Å². The molecule has 0 atom stereocenters. The molecule has 0 heterocycles. The Kier molecular flexibility index (Phi) is 6.00. The number of rotatable bonds is 6. The van der Waals surface area contributed by atoms with Crippen LogP contribution in [0.2, 0.25) is 0 Å². The van der Waals surface area contributed by atoms with Crippen LogP contribution in [-0.2, 0) is 10.1 Å². The SMILES string of the molecule is Cc1ccc(C(=O)N/N=C\c2ccc(OS(=O)(=O)c3ccc4ccccc4c3)cc2)cc1. The van der Waals surface area contributed by atoms with E-state index in [1.807, 2.05) is 43.3 Å². The molecule has 1 amide bonds. The van der Waals surface area contributed by atoms with Gasteiger partial charge in [0.05, 0.1) is 6.21 Å². The van der Waals surface area contributed by atoms with Crippen LogP contribution >= 0.6 is 0 Å². The van der Waals surface area contributed by atoms with Gasteiger partial charge in [-0.25, -0.2) is 5.43 Å². The number of carbonyl (C=O) groups is 1. The van der Waals surface area contributed by atoms with Crippen molar-refractivity contribution in [2.45, 2.75) is 11.8 Å². The van der Waals surface area contributed by atoms with Crippen LogP contribution in [0.15, 0.2) is 101 Å². The van der Waals surface area contributed by atoms with Gasteiger partial charge in [-0.1, -0.05) is 48.0 Å². The number of amides is 1. The maximum atomic E-state index is 12.6. The third-order valence-electron chi connectivity index (χ3n) is 4.79. The number of hydrazone groups is 1. The maximum absolute atomic E-state index is 12.6. The van der Waals surface area contributed by atoms with Gasteiger partial charge in [0.2, 0.25) is 0 Å². The van der Waals surface area contributed by atoms with Crippen LogP contribution in [0.1, 0.15) is 21.5 Å². The first kappa shape index (κ1) is 21.3. The fraction of sp³-hybridized carbons (Fsp3) is 0.0400. The summed E-state index contributed by atoms with van der Waals surface area (Å²) >= 11 is 0. The highest BCUT2D eigenvalue weighted by Gasteiger charge is 2.17. The van der Waals surface area contributed by atoms with Gasteiger partial charge in [0, 0.05) is 5.56 Å². The Morgan fingerprint density at radius 3 is 2.28 bits per heavy atom. The van der Waals surface area contributed by atoms with Crippen molar-refractivity contribution in [3.63, 3.8) is 0 Å². The molecule has 0 aliphatic rings. The van der Waals surface area contributed by atoms with Gasteiger partial charge >= 0.3 is 10.1 Å². The molecule has 160 valence electrons. The topological polar surface area (TPSA) is 84.8 Å².